The average Bonchev–Trinajstić information content (AvgIpc) is 2.59. The molecule has 2 saturated carbocycles. The minimum absolute atomic E-state index is 0.211. The molecule has 2 rings (SSSR count). The highest BCUT2D eigenvalue weighted by Gasteiger charge is 2.37. The van der Waals surface area contributed by atoms with E-state index in [0.717, 1.165) is 32.1 Å². The number of aliphatic hydroxyl groups excluding tert-OH is 1. The van der Waals surface area contributed by atoms with Crippen LogP contribution in [0, 0.1) is 22.4 Å². The number of aliphatic hydroxyl groups is 1. The maximum atomic E-state index is 12.0. The number of rotatable bonds is 6. The van der Waals surface area contributed by atoms with Crippen LogP contribution in [0.5, 0.6) is 0 Å². The monoisotopic (exact) mass is 362 g/mol. The van der Waals surface area contributed by atoms with Crippen molar-refractivity contribution in [2.24, 2.45) is 10.8 Å². The lowest BCUT2D eigenvalue weighted by Crippen LogP contribution is -2.32. The second-order valence-corrected chi connectivity index (χ2v) is 7.70. The molecular formula is C22H35O2P. The number of carbonyl (C=O) groups is 1. The van der Waals surface area contributed by atoms with Gasteiger partial charge in [-0.2, -0.15) is 0 Å². The van der Waals surface area contributed by atoms with Gasteiger partial charge in [0.25, 0.3) is 0 Å². The second kappa shape index (κ2) is 10.9. The molecule has 0 aromatic carbocycles. The quantitative estimate of drug-likeness (QED) is 0.389. The number of carbonyl (C=O) groups excluding carboxylic acids is 1. The molecule has 0 amide bonds. The highest BCUT2D eigenvalue weighted by molar-refractivity contribution is 7.23. The molecule has 3 atom stereocenters. The number of Topliss-reactive ketones (excluding diaryl/α,β-unsaturated/α-hetero) is 1. The fraction of sp³-hybridized carbons (Fsp3) is 0.682. The van der Waals surface area contributed by atoms with Gasteiger partial charge in [-0.15, -0.1) is 0 Å². The Morgan fingerprint density at radius 2 is 1.92 bits per heavy atom. The maximum absolute atomic E-state index is 12.0. The van der Waals surface area contributed by atoms with Crippen molar-refractivity contribution in [3.05, 3.63) is 24.3 Å². The van der Waals surface area contributed by atoms with Crippen LogP contribution in [0.3, 0.4) is 0 Å². The highest BCUT2D eigenvalue weighted by Crippen LogP contribution is 2.47. The van der Waals surface area contributed by atoms with Crippen molar-refractivity contribution in [3.8, 4) is 11.6 Å². The summed E-state index contributed by atoms with van der Waals surface area (Å²) in [5.41, 5.74) is 2.79. The van der Waals surface area contributed by atoms with Gasteiger partial charge in [-0.1, -0.05) is 71.8 Å². The molecule has 0 aliphatic heterocycles. The van der Waals surface area contributed by atoms with Gasteiger partial charge >= 0.3 is 0 Å². The van der Waals surface area contributed by atoms with E-state index in [9.17, 15) is 9.90 Å². The molecule has 2 nitrogen and oxygen atoms in total. The van der Waals surface area contributed by atoms with Crippen LogP contribution in [0.1, 0.15) is 78.6 Å². The largest absolute Gasteiger partial charge is 0.389 e. The summed E-state index contributed by atoms with van der Waals surface area (Å²) < 4.78 is 0. The van der Waals surface area contributed by atoms with Crippen LogP contribution in [0.2, 0.25) is 0 Å². The first-order chi connectivity index (χ1) is 12.0. The summed E-state index contributed by atoms with van der Waals surface area (Å²) in [4.78, 5) is 12.0. The highest BCUT2D eigenvalue weighted by atomic mass is 31.0. The predicted molar refractivity (Wildman–Crippen MR) is 110 cm³/mol. The van der Waals surface area contributed by atoms with E-state index in [1.165, 1.54) is 19.3 Å². The molecule has 1 N–H and O–H groups in total. The fourth-order valence-electron chi connectivity index (χ4n) is 3.72. The smallest absolute Gasteiger partial charge is 0.142 e. The minimum Gasteiger partial charge on any atom is -0.389 e. The predicted octanol–water partition coefficient (Wildman–Crippen LogP) is 5.42. The molecule has 0 bridgehead atoms. The average molecular weight is 362 g/mol. The summed E-state index contributed by atoms with van der Waals surface area (Å²) in [5, 5.41) is 10.3. The van der Waals surface area contributed by atoms with Crippen molar-refractivity contribution in [3.63, 3.8) is 0 Å². The Morgan fingerprint density at radius 3 is 2.48 bits per heavy atom. The summed E-state index contributed by atoms with van der Waals surface area (Å²) in [5.74, 6) is 3.49. The Balaban J connectivity index is 0.00000151. The number of allylic oxidation sites excluding steroid dienone is 3. The van der Waals surface area contributed by atoms with Gasteiger partial charge in [0.1, 0.15) is 5.78 Å². The van der Waals surface area contributed by atoms with Gasteiger partial charge in [-0.25, -0.2) is 0 Å². The zero-order valence-corrected chi connectivity index (χ0v) is 17.3. The fourth-order valence-corrected chi connectivity index (χ4v) is 3.82. The SMILES string of the molecule is CC.C[C@@]1(/C=C/C=C/C(O)CC2(CC#CP)CCC2)CCCCC1=O. The Labute approximate surface area is 156 Å². The lowest BCUT2D eigenvalue weighted by atomic mass is 9.64. The first-order valence-corrected chi connectivity index (χ1v) is 10.3. The molecule has 2 fully saturated rings. The molecule has 140 valence electrons. The molecule has 0 aromatic rings. The molecule has 0 spiro atoms. The summed E-state index contributed by atoms with van der Waals surface area (Å²) in [7, 11) is 2.44. The molecule has 0 heterocycles. The standard InChI is InChI=1S/C20H29O2P.C2H6/c1-19(11-5-3-9-18(19)22)10-4-2-8-17(21)16-20(12-6-13-20)14-7-15-23;1-2/h2,4,8,10,17,21H,3,5-6,9,11-14,16,23H2,1H3;1-2H3/b8-2+,10-4+;/t17?,19-;/m1./s1. The van der Waals surface area contributed by atoms with Crippen LogP contribution in [0.25, 0.3) is 0 Å². The molecule has 0 saturated heterocycles. The van der Waals surface area contributed by atoms with E-state index in [1.807, 2.05) is 45.1 Å². The third-order valence-electron chi connectivity index (χ3n) is 5.52. The van der Waals surface area contributed by atoms with E-state index < -0.39 is 6.10 Å². The van der Waals surface area contributed by atoms with Crippen molar-refractivity contribution in [2.45, 2.75) is 84.7 Å². The summed E-state index contributed by atoms with van der Waals surface area (Å²) in [6.45, 7) is 6.03. The maximum Gasteiger partial charge on any atom is 0.142 e. The van der Waals surface area contributed by atoms with Gasteiger partial charge in [0.05, 0.1) is 6.10 Å². The van der Waals surface area contributed by atoms with Crippen LogP contribution in [-0.4, -0.2) is 17.0 Å². The molecule has 0 aromatic heterocycles. The molecular weight excluding hydrogens is 327 g/mol. The lowest BCUT2D eigenvalue weighted by molar-refractivity contribution is -0.127. The molecule has 3 heteroatoms. The summed E-state index contributed by atoms with van der Waals surface area (Å²) in [6.07, 6.45) is 16.3. The van der Waals surface area contributed by atoms with Crippen molar-refractivity contribution >= 4 is 15.0 Å². The van der Waals surface area contributed by atoms with Crippen molar-refractivity contribution in [1.82, 2.24) is 0 Å². The molecule has 25 heavy (non-hydrogen) atoms. The van der Waals surface area contributed by atoms with E-state index >= 15 is 0 Å². The van der Waals surface area contributed by atoms with Crippen LogP contribution >= 0.6 is 9.24 Å². The Bertz CT molecular complexity index is 534. The van der Waals surface area contributed by atoms with Gasteiger partial charge in [0, 0.05) is 18.3 Å². The zero-order valence-electron chi connectivity index (χ0n) is 16.2. The zero-order chi connectivity index (χ0) is 18.8. The van der Waals surface area contributed by atoms with Crippen molar-refractivity contribution in [2.75, 3.05) is 0 Å². The molecule has 0 radical (unpaired) electrons. The number of ketones is 1. The Kier molecular flexibility index (Phi) is 9.70. The molecule has 2 aliphatic rings. The topological polar surface area (TPSA) is 37.3 Å². The Hall–Kier alpha value is -0.900. The van der Waals surface area contributed by atoms with Gasteiger partial charge in [-0.3, -0.25) is 4.79 Å². The van der Waals surface area contributed by atoms with Gasteiger partial charge in [0.15, 0.2) is 0 Å². The van der Waals surface area contributed by atoms with Gasteiger partial charge in [-0.05, 0) is 44.4 Å². The van der Waals surface area contributed by atoms with E-state index in [2.05, 4.69) is 20.8 Å². The second-order valence-electron chi connectivity index (χ2n) is 7.41. The van der Waals surface area contributed by atoms with E-state index in [4.69, 9.17) is 0 Å². The van der Waals surface area contributed by atoms with Crippen molar-refractivity contribution in [1.29, 1.82) is 0 Å². The van der Waals surface area contributed by atoms with Crippen molar-refractivity contribution < 1.29 is 9.90 Å². The van der Waals surface area contributed by atoms with E-state index in [-0.39, 0.29) is 10.8 Å². The van der Waals surface area contributed by atoms with Gasteiger partial charge < -0.3 is 5.11 Å². The lowest BCUT2D eigenvalue weighted by Gasteiger charge is -2.41. The van der Waals surface area contributed by atoms with Crippen LogP contribution in [-0.2, 0) is 4.79 Å². The first kappa shape index (κ1) is 22.1. The normalized spacial score (nSPS) is 26.4. The summed E-state index contributed by atoms with van der Waals surface area (Å²) >= 11 is 0. The first-order valence-electron chi connectivity index (χ1n) is 9.76. The van der Waals surface area contributed by atoms with Crippen LogP contribution in [0.4, 0.5) is 0 Å². The van der Waals surface area contributed by atoms with Crippen LogP contribution in [0.15, 0.2) is 24.3 Å². The molecule has 2 aliphatic carbocycles. The van der Waals surface area contributed by atoms with E-state index in [0.29, 0.717) is 12.2 Å². The Morgan fingerprint density at radius 1 is 1.20 bits per heavy atom. The summed E-state index contributed by atoms with van der Waals surface area (Å²) in [6, 6.07) is 0. The van der Waals surface area contributed by atoms with Crippen LogP contribution < -0.4 is 0 Å². The minimum atomic E-state index is -0.430. The third kappa shape index (κ3) is 6.73. The molecule has 2 unspecified atom stereocenters. The number of hydrogen-bond acceptors (Lipinski definition) is 2. The number of hydrogen-bond donors (Lipinski definition) is 1. The third-order valence-corrected chi connectivity index (χ3v) is 5.72. The van der Waals surface area contributed by atoms with Gasteiger partial charge in [0.2, 0.25) is 0 Å². The van der Waals surface area contributed by atoms with E-state index in [1.54, 1.807) is 0 Å².